The summed E-state index contributed by atoms with van der Waals surface area (Å²) in [5.74, 6) is -0.602. The molecule has 0 aromatic heterocycles. The first-order chi connectivity index (χ1) is 14.0. The Labute approximate surface area is 170 Å². The number of hydrogen-bond donors (Lipinski definition) is 1. The Balaban J connectivity index is 1.61. The number of anilines is 1. The van der Waals surface area contributed by atoms with Crippen LogP contribution in [0.15, 0.2) is 48.5 Å². The molecule has 1 N–H and O–H groups in total. The SMILES string of the molecule is CCN(C(=O)CN1C(=O)NC2(CCCc3ccccc32)C1=O)c1ccccc1C. The van der Waals surface area contributed by atoms with Gasteiger partial charge in [-0.2, -0.15) is 0 Å². The van der Waals surface area contributed by atoms with Crippen molar-refractivity contribution in [1.82, 2.24) is 10.2 Å². The summed E-state index contributed by atoms with van der Waals surface area (Å²) in [6, 6.07) is 14.8. The van der Waals surface area contributed by atoms with Gasteiger partial charge in [0.05, 0.1) is 0 Å². The molecule has 1 heterocycles. The topological polar surface area (TPSA) is 69.7 Å². The predicted octanol–water partition coefficient (Wildman–Crippen LogP) is 3.13. The highest BCUT2D eigenvalue weighted by Crippen LogP contribution is 2.39. The number of para-hydroxylation sites is 1. The molecule has 2 aromatic rings. The molecule has 4 amide bonds. The van der Waals surface area contributed by atoms with E-state index in [2.05, 4.69) is 5.32 Å². The van der Waals surface area contributed by atoms with E-state index in [1.54, 1.807) is 4.90 Å². The number of likely N-dealkylation sites (N-methyl/N-ethyl adjacent to an activating group) is 1. The quantitative estimate of drug-likeness (QED) is 0.814. The van der Waals surface area contributed by atoms with Crippen molar-refractivity contribution < 1.29 is 14.4 Å². The largest absolute Gasteiger partial charge is 0.325 e. The zero-order chi connectivity index (χ0) is 20.6. The molecule has 1 aliphatic heterocycles. The van der Waals surface area contributed by atoms with Crippen LogP contribution < -0.4 is 10.2 Å². The lowest BCUT2D eigenvalue weighted by atomic mass is 9.76. The number of hydrogen-bond acceptors (Lipinski definition) is 3. The van der Waals surface area contributed by atoms with Gasteiger partial charge in [0.2, 0.25) is 5.91 Å². The number of nitrogens with zero attached hydrogens (tertiary/aromatic N) is 2. The number of carbonyl (C=O) groups excluding carboxylic acids is 3. The molecule has 4 rings (SSSR count). The monoisotopic (exact) mass is 391 g/mol. The number of aryl methyl sites for hydroxylation is 2. The van der Waals surface area contributed by atoms with Crippen molar-refractivity contribution in [3.8, 4) is 0 Å². The van der Waals surface area contributed by atoms with Crippen molar-refractivity contribution in [1.29, 1.82) is 0 Å². The fraction of sp³-hybridized carbons (Fsp3) is 0.348. The Kier molecular flexibility index (Phi) is 4.86. The Morgan fingerprint density at radius 2 is 1.86 bits per heavy atom. The molecule has 1 aliphatic carbocycles. The van der Waals surface area contributed by atoms with E-state index in [4.69, 9.17) is 0 Å². The second kappa shape index (κ2) is 7.35. The van der Waals surface area contributed by atoms with Gasteiger partial charge in [0, 0.05) is 12.2 Å². The molecule has 2 aromatic carbocycles. The number of imide groups is 1. The number of rotatable bonds is 4. The first-order valence-corrected chi connectivity index (χ1v) is 10.1. The third-order valence-corrected chi connectivity index (χ3v) is 5.97. The van der Waals surface area contributed by atoms with Gasteiger partial charge in [0.15, 0.2) is 0 Å². The highest BCUT2D eigenvalue weighted by atomic mass is 16.2. The van der Waals surface area contributed by atoms with Crippen LogP contribution in [0.2, 0.25) is 0 Å². The number of benzene rings is 2. The molecular formula is C23H25N3O3. The molecular weight excluding hydrogens is 366 g/mol. The molecule has 0 saturated carbocycles. The van der Waals surface area contributed by atoms with Gasteiger partial charge in [-0.05, 0) is 55.9 Å². The Hall–Kier alpha value is -3.15. The third-order valence-electron chi connectivity index (χ3n) is 5.97. The summed E-state index contributed by atoms with van der Waals surface area (Å²) in [4.78, 5) is 41.9. The maximum atomic E-state index is 13.4. The van der Waals surface area contributed by atoms with Crippen LogP contribution in [0.4, 0.5) is 10.5 Å². The summed E-state index contributed by atoms with van der Waals surface area (Å²) in [7, 11) is 0. The Bertz CT molecular complexity index is 987. The summed E-state index contributed by atoms with van der Waals surface area (Å²) < 4.78 is 0. The zero-order valence-electron chi connectivity index (χ0n) is 16.8. The summed E-state index contributed by atoms with van der Waals surface area (Å²) >= 11 is 0. The molecule has 1 spiro atoms. The van der Waals surface area contributed by atoms with Crippen LogP contribution in [-0.4, -0.2) is 35.8 Å². The number of carbonyl (C=O) groups is 3. The first-order valence-electron chi connectivity index (χ1n) is 10.1. The van der Waals surface area contributed by atoms with Crippen LogP contribution in [0.25, 0.3) is 0 Å². The lowest BCUT2D eigenvalue weighted by Crippen LogP contribution is -2.47. The molecule has 6 nitrogen and oxygen atoms in total. The first kappa shape index (κ1) is 19.2. The van der Waals surface area contributed by atoms with E-state index < -0.39 is 11.6 Å². The maximum absolute atomic E-state index is 13.4. The van der Waals surface area contributed by atoms with Crippen LogP contribution in [0.1, 0.15) is 36.5 Å². The smallest absolute Gasteiger partial charge is 0.319 e. The van der Waals surface area contributed by atoms with Crippen LogP contribution >= 0.6 is 0 Å². The second-order valence-corrected chi connectivity index (χ2v) is 7.66. The zero-order valence-corrected chi connectivity index (χ0v) is 16.8. The average Bonchev–Trinajstić information content (AvgIpc) is 2.95. The van der Waals surface area contributed by atoms with Crippen molar-refractivity contribution >= 4 is 23.5 Å². The van der Waals surface area contributed by atoms with Gasteiger partial charge < -0.3 is 10.2 Å². The Morgan fingerprint density at radius 3 is 2.62 bits per heavy atom. The number of urea groups is 1. The normalized spacial score (nSPS) is 20.6. The molecule has 150 valence electrons. The molecule has 29 heavy (non-hydrogen) atoms. The number of fused-ring (bicyclic) bond motifs is 2. The van der Waals surface area contributed by atoms with Crippen molar-refractivity contribution in [3.05, 3.63) is 65.2 Å². The fourth-order valence-electron chi connectivity index (χ4n) is 4.52. The standard InChI is InChI=1S/C23H25N3O3/c1-3-25(19-13-7-4-9-16(19)2)20(27)15-26-21(28)23(24-22(26)29)14-8-11-17-10-5-6-12-18(17)23/h4-7,9-10,12-13H,3,8,11,14-15H2,1-2H3,(H,24,29). The van der Waals surface area contributed by atoms with Gasteiger partial charge in [-0.25, -0.2) is 4.79 Å². The van der Waals surface area contributed by atoms with Crippen molar-refractivity contribution in [3.63, 3.8) is 0 Å². The number of amides is 4. The van der Waals surface area contributed by atoms with E-state index in [1.807, 2.05) is 62.4 Å². The van der Waals surface area contributed by atoms with E-state index in [0.717, 1.165) is 40.1 Å². The minimum atomic E-state index is -1.05. The van der Waals surface area contributed by atoms with Crippen LogP contribution in [0, 0.1) is 6.92 Å². The lowest BCUT2D eigenvalue weighted by molar-refractivity contribution is -0.135. The van der Waals surface area contributed by atoms with Gasteiger partial charge >= 0.3 is 6.03 Å². The van der Waals surface area contributed by atoms with E-state index >= 15 is 0 Å². The summed E-state index contributed by atoms with van der Waals surface area (Å²) in [5, 5.41) is 2.91. The molecule has 1 unspecified atom stereocenters. The van der Waals surface area contributed by atoms with Crippen molar-refractivity contribution in [2.24, 2.45) is 0 Å². The highest BCUT2D eigenvalue weighted by molar-refractivity contribution is 6.11. The van der Waals surface area contributed by atoms with Crippen LogP contribution in [0.5, 0.6) is 0 Å². The molecule has 1 atom stereocenters. The minimum Gasteiger partial charge on any atom is -0.319 e. The minimum absolute atomic E-state index is 0.267. The van der Waals surface area contributed by atoms with E-state index in [-0.39, 0.29) is 18.4 Å². The average molecular weight is 391 g/mol. The third kappa shape index (κ3) is 3.09. The molecule has 0 bridgehead atoms. The van der Waals surface area contributed by atoms with E-state index in [1.165, 1.54) is 0 Å². The van der Waals surface area contributed by atoms with Crippen molar-refractivity contribution in [2.75, 3.05) is 18.0 Å². The highest BCUT2D eigenvalue weighted by Gasteiger charge is 2.54. The summed E-state index contributed by atoms with van der Waals surface area (Å²) in [5.41, 5.74) is 2.65. The molecule has 6 heteroatoms. The maximum Gasteiger partial charge on any atom is 0.325 e. The predicted molar refractivity (Wildman–Crippen MR) is 111 cm³/mol. The number of nitrogens with one attached hydrogen (secondary N) is 1. The van der Waals surface area contributed by atoms with Crippen LogP contribution in [-0.2, 0) is 21.5 Å². The summed E-state index contributed by atoms with van der Waals surface area (Å²) in [6.07, 6.45) is 2.25. The molecule has 1 saturated heterocycles. The van der Waals surface area contributed by atoms with E-state index in [0.29, 0.717) is 13.0 Å². The molecule has 1 fully saturated rings. The van der Waals surface area contributed by atoms with Crippen LogP contribution in [0.3, 0.4) is 0 Å². The van der Waals surface area contributed by atoms with Gasteiger partial charge in [0.25, 0.3) is 5.91 Å². The second-order valence-electron chi connectivity index (χ2n) is 7.66. The van der Waals surface area contributed by atoms with E-state index in [9.17, 15) is 14.4 Å². The Morgan fingerprint density at radius 1 is 1.14 bits per heavy atom. The van der Waals surface area contributed by atoms with Crippen molar-refractivity contribution in [2.45, 2.75) is 38.6 Å². The fourth-order valence-corrected chi connectivity index (χ4v) is 4.52. The van der Waals surface area contributed by atoms with Gasteiger partial charge in [-0.1, -0.05) is 42.5 Å². The molecule has 0 radical (unpaired) electrons. The van der Waals surface area contributed by atoms with Gasteiger partial charge in [-0.15, -0.1) is 0 Å². The summed E-state index contributed by atoms with van der Waals surface area (Å²) in [6.45, 7) is 4.01. The van der Waals surface area contributed by atoms with Gasteiger partial charge in [0.1, 0.15) is 12.1 Å². The molecule has 2 aliphatic rings. The lowest BCUT2D eigenvalue weighted by Gasteiger charge is -2.33. The van der Waals surface area contributed by atoms with Gasteiger partial charge in [-0.3, -0.25) is 14.5 Å².